The highest BCUT2D eigenvalue weighted by Gasteiger charge is 2.21. The van der Waals surface area contributed by atoms with Gasteiger partial charge in [-0.25, -0.2) is 14.4 Å². The number of hydrogen-bond donors (Lipinski definition) is 0. The van der Waals surface area contributed by atoms with E-state index in [1.807, 2.05) is 12.3 Å². The van der Waals surface area contributed by atoms with Gasteiger partial charge in [0.2, 0.25) is 11.7 Å². The molecule has 1 atom stereocenters. The standard InChI is InChI=1S/C20H13FN4O2S2/c1-11(18-24-17(25-27-18)15-3-2-8-26-15)29-20-16-14(9-28-19(16)22-10-23-20)12-4-6-13(21)7-5-12/h2-11H,1H3/t11-/m0/s1. The van der Waals surface area contributed by atoms with Gasteiger partial charge in [0, 0.05) is 10.9 Å². The van der Waals surface area contributed by atoms with Gasteiger partial charge >= 0.3 is 0 Å². The van der Waals surface area contributed by atoms with Crippen LogP contribution in [0.1, 0.15) is 18.1 Å². The summed E-state index contributed by atoms with van der Waals surface area (Å²) >= 11 is 3.04. The summed E-state index contributed by atoms with van der Waals surface area (Å²) in [6, 6.07) is 9.97. The van der Waals surface area contributed by atoms with E-state index < -0.39 is 0 Å². The van der Waals surface area contributed by atoms with Gasteiger partial charge in [0.15, 0.2) is 5.76 Å². The minimum absolute atomic E-state index is 0.134. The Hall–Kier alpha value is -3.04. The van der Waals surface area contributed by atoms with Crippen LogP contribution in [-0.2, 0) is 0 Å². The van der Waals surface area contributed by atoms with E-state index in [-0.39, 0.29) is 11.1 Å². The highest BCUT2D eigenvalue weighted by Crippen LogP contribution is 2.42. The molecule has 5 rings (SSSR count). The number of rotatable bonds is 5. The highest BCUT2D eigenvalue weighted by molar-refractivity contribution is 7.99. The number of benzene rings is 1. The predicted octanol–water partition coefficient (Wildman–Crippen LogP) is 5.99. The molecule has 0 amide bonds. The first-order valence-electron chi connectivity index (χ1n) is 8.71. The number of aromatic nitrogens is 4. The summed E-state index contributed by atoms with van der Waals surface area (Å²) in [5.74, 6) is 1.18. The second-order valence-electron chi connectivity index (χ2n) is 6.21. The van der Waals surface area contributed by atoms with Crippen molar-refractivity contribution < 1.29 is 13.3 Å². The van der Waals surface area contributed by atoms with Crippen molar-refractivity contribution in [3.05, 3.63) is 66.1 Å². The quantitative estimate of drug-likeness (QED) is 0.253. The Kier molecular flexibility index (Phi) is 4.61. The number of hydrogen-bond acceptors (Lipinski definition) is 8. The zero-order valence-corrected chi connectivity index (χ0v) is 16.7. The normalized spacial score (nSPS) is 12.5. The fourth-order valence-corrected chi connectivity index (χ4v) is 4.85. The minimum Gasteiger partial charge on any atom is -0.461 e. The van der Waals surface area contributed by atoms with E-state index >= 15 is 0 Å². The van der Waals surface area contributed by atoms with Crippen LogP contribution < -0.4 is 0 Å². The molecule has 29 heavy (non-hydrogen) atoms. The van der Waals surface area contributed by atoms with Crippen molar-refractivity contribution in [1.29, 1.82) is 0 Å². The Bertz CT molecular complexity index is 1270. The Morgan fingerprint density at radius 3 is 2.79 bits per heavy atom. The molecule has 0 radical (unpaired) electrons. The molecule has 144 valence electrons. The van der Waals surface area contributed by atoms with Gasteiger partial charge in [0.25, 0.3) is 0 Å². The number of thioether (sulfide) groups is 1. The van der Waals surface area contributed by atoms with Gasteiger partial charge in [-0.05, 0) is 36.8 Å². The fraction of sp³-hybridized carbons (Fsp3) is 0.100. The number of nitrogens with zero attached hydrogens (tertiary/aromatic N) is 4. The van der Waals surface area contributed by atoms with Crippen molar-refractivity contribution in [3.63, 3.8) is 0 Å². The van der Waals surface area contributed by atoms with Crippen molar-refractivity contribution in [2.24, 2.45) is 0 Å². The van der Waals surface area contributed by atoms with Crippen LogP contribution in [0.4, 0.5) is 4.39 Å². The van der Waals surface area contributed by atoms with Crippen molar-refractivity contribution in [1.82, 2.24) is 20.1 Å². The molecular formula is C20H13FN4O2S2. The third-order valence-electron chi connectivity index (χ3n) is 4.31. The van der Waals surface area contributed by atoms with E-state index in [0.29, 0.717) is 17.5 Å². The van der Waals surface area contributed by atoms with E-state index in [1.54, 1.807) is 36.9 Å². The van der Waals surface area contributed by atoms with Gasteiger partial charge < -0.3 is 8.94 Å². The Labute approximate surface area is 172 Å². The van der Waals surface area contributed by atoms with Gasteiger partial charge in [0.1, 0.15) is 22.0 Å². The molecule has 6 nitrogen and oxygen atoms in total. The Morgan fingerprint density at radius 1 is 1.14 bits per heavy atom. The molecule has 0 spiro atoms. The molecule has 4 aromatic heterocycles. The van der Waals surface area contributed by atoms with Gasteiger partial charge in [-0.2, -0.15) is 4.98 Å². The molecule has 5 aromatic rings. The lowest BCUT2D eigenvalue weighted by atomic mass is 10.1. The first-order chi connectivity index (χ1) is 14.2. The summed E-state index contributed by atoms with van der Waals surface area (Å²) in [7, 11) is 0. The third kappa shape index (κ3) is 3.43. The lowest BCUT2D eigenvalue weighted by molar-refractivity contribution is 0.379. The SMILES string of the molecule is C[C@H](Sc1ncnc2scc(-c3ccc(F)cc3)c12)c1nc(-c2ccco2)no1. The van der Waals surface area contributed by atoms with Gasteiger partial charge in [0.05, 0.1) is 16.9 Å². The predicted molar refractivity (Wildman–Crippen MR) is 109 cm³/mol. The number of halogens is 1. The average molecular weight is 424 g/mol. The molecule has 1 aromatic carbocycles. The van der Waals surface area contributed by atoms with Gasteiger partial charge in [-0.1, -0.05) is 29.1 Å². The van der Waals surface area contributed by atoms with Crippen LogP contribution in [0.5, 0.6) is 0 Å². The monoisotopic (exact) mass is 424 g/mol. The maximum absolute atomic E-state index is 13.3. The molecule has 0 bridgehead atoms. The molecule has 9 heteroatoms. The molecule has 0 N–H and O–H groups in total. The zero-order valence-electron chi connectivity index (χ0n) is 15.1. The molecular weight excluding hydrogens is 411 g/mol. The summed E-state index contributed by atoms with van der Waals surface area (Å²) in [5, 5.41) is 7.61. The molecule has 0 aliphatic rings. The van der Waals surface area contributed by atoms with Crippen molar-refractivity contribution >= 4 is 33.3 Å². The van der Waals surface area contributed by atoms with Crippen molar-refractivity contribution in [2.45, 2.75) is 17.2 Å². The molecule has 0 saturated carbocycles. The van der Waals surface area contributed by atoms with Crippen LogP contribution in [0.3, 0.4) is 0 Å². The van der Waals surface area contributed by atoms with Crippen molar-refractivity contribution in [2.75, 3.05) is 0 Å². The van der Waals surface area contributed by atoms with Crippen LogP contribution in [0, 0.1) is 5.82 Å². The second-order valence-corrected chi connectivity index (χ2v) is 8.40. The Balaban J connectivity index is 1.49. The molecule has 0 aliphatic carbocycles. The highest BCUT2D eigenvalue weighted by atomic mass is 32.2. The van der Waals surface area contributed by atoms with Crippen LogP contribution in [-0.4, -0.2) is 20.1 Å². The van der Waals surface area contributed by atoms with Crippen LogP contribution in [0.25, 0.3) is 32.9 Å². The number of fused-ring (bicyclic) bond motifs is 1. The maximum atomic E-state index is 13.3. The van der Waals surface area contributed by atoms with E-state index in [9.17, 15) is 4.39 Å². The number of thiophene rings is 1. The largest absolute Gasteiger partial charge is 0.461 e. The van der Waals surface area contributed by atoms with Crippen LogP contribution in [0.2, 0.25) is 0 Å². The summed E-state index contributed by atoms with van der Waals surface area (Å²) in [6.07, 6.45) is 3.11. The summed E-state index contributed by atoms with van der Waals surface area (Å²) in [6.45, 7) is 1.97. The molecule has 4 heterocycles. The first-order valence-corrected chi connectivity index (χ1v) is 10.5. The lowest BCUT2D eigenvalue weighted by Crippen LogP contribution is -1.92. The third-order valence-corrected chi connectivity index (χ3v) is 6.28. The zero-order chi connectivity index (χ0) is 19.8. The minimum atomic E-state index is -0.267. The summed E-state index contributed by atoms with van der Waals surface area (Å²) in [5.41, 5.74) is 1.89. The van der Waals surface area contributed by atoms with Crippen molar-refractivity contribution in [3.8, 4) is 22.7 Å². The smallest absolute Gasteiger partial charge is 0.240 e. The maximum Gasteiger partial charge on any atom is 0.240 e. The van der Waals surface area contributed by atoms with Crippen LogP contribution in [0.15, 0.2) is 68.3 Å². The number of furan rings is 1. The summed E-state index contributed by atoms with van der Waals surface area (Å²) in [4.78, 5) is 14.2. The first kappa shape index (κ1) is 18.0. The molecule has 0 aliphatic heterocycles. The molecule has 0 unspecified atom stereocenters. The molecule has 0 fully saturated rings. The second kappa shape index (κ2) is 7.41. The van der Waals surface area contributed by atoms with Crippen LogP contribution >= 0.6 is 23.1 Å². The van der Waals surface area contributed by atoms with E-state index in [4.69, 9.17) is 8.94 Å². The lowest BCUT2D eigenvalue weighted by Gasteiger charge is -2.08. The van der Waals surface area contributed by atoms with E-state index in [0.717, 1.165) is 26.4 Å². The molecule has 0 saturated heterocycles. The summed E-state index contributed by atoms with van der Waals surface area (Å²) < 4.78 is 24.1. The Morgan fingerprint density at radius 2 is 2.00 bits per heavy atom. The van der Waals surface area contributed by atoms with Gasteiger partial charge in [-0.3, -0.25) is 0 Å². The fourth-order valence-electron chi connectivity index (χ4n) is 2.90. The van der Waals surface area contributed by atoms with Gasteiger partial charge in [-0.15, -0.1) is 11.3 Å². The topological polar surface area (TPSA) is 77.8 Å². The average Bonchev–Trinajstić information content (AvgIpc) is 3.48. The van der Waals surface area contributed by atoms with E-state index in [1.165, 1.54) is 35.2 Å². The van der Waals surface area contributed by atoms with E-state index in [2.05, 4.69) is 20.1 Å².